The Bertz CT molecular complexity index is 344. The molecule has 0 aliphatic carbocycles. The van der Waals surface area contributed by atoms with Crippen LogP contribution in [0.5, 0.6) is 0 Å². The number of rotatable bonds is 9. The Morgan fingerprint density at radius 2 is 1.89 bits per heavy atom. The summed E-state index contributed by atoms with van der Waals surface area (Å²) in [6, 6.07) is 0. The Hall–Kier alpha value is -1.39. The van der Waals surface area contributed by atoms with Gasteiger partial charge in [-0.3, -0.25) is 0 Å². The van der Waals surface area contributed by atoms with Crippen LogP contribution in [0.4, 0.5) is 16.2 Å². The van der Waals surface area contributed by atoms with Crippen LogP contribution < -0.4 is 10.6 Å². The van der Waals surface area contributed by atoms with Crippen molar-refractivity contribution in [1.82, 2.24) is 9.97 Å². The average molecular weight is 254 g/mol. The molecule has 0 aliphatic rings. The van der Waals surface area contributed by atoms with Crippen LogP contribution >= 0.6 is 0 Å². The van der Waals surface area contributed by atoms with E-state index in [0.29, 0.717) is 5.95 Å². The van der Waals surface area contributed by atoms with E-state index in [9.17, 15) is 4.39 Å². The van der Waals surface area contributed by atoms with E-state index in [1.807, 2.05) is 0 Å². The minimum atomic E-state index is -0.403. The number of aromatic nitrogens is 2. The number of hydrogen-bond donors (Lipinski definition) is 2. The molecule has 0 spiro atoms. The zero-order valence-electron chi connectivity index (χ0n) is 11.3. The van der Waals surface area contributed by atoms with Crippen molar-refractivity contribution in [2.45, 2.75) is 45.4 Å². The third-order valence-electron chi connectivity index (χ3n) is 2.79. The van der Waals surface area contributed by atoms with Crippen molar-refractivity contribution in [2.24, 2.45) is 0 Å². The molecule has 2 N–H and O–H groups in total. The van der Waals surface area contributed by atoms with Crippen molar-refractivity contribution in [3.63, 3.8) is 0 Å². The molecule has 0 saturated carbocycles. The highest BCUT2D eigenvalue weighted by Gasteiger charge is 2.04. The molecular formula is C13H23FN4. The molecule has 0 radical (unpaired) electrons. The Balaban J connectivity index is 2.22. The summed E-state index contributed by atoms with van der Waals surface area (Å²) < 4.78 is 13.4. The number of unbranched alkanes of at least 4 members (excludes halogenated alkanes) is 5. The lowest BCUT2D eigenvalue weighted by Gasteiger charge is -2.07. The van der Waals surface area contributed by atoms with Crippen molar-refractivity contribution in [1.29, 1.82) is 0 Å². The average Bonchev–Trinajstić information content (AvgIpc) is 2.39. The molecule has 0 aliphatic heterocycles. The van der Waals surface area contributed by atoms with Gasteiger partial charge in [0.25, 0.3) is 0 Å². The van der Waals surface area contributed by atoms with E-state index in [-0.39, 0.29) is 5.82 Å². The summed E-state index contributed by atoms with van der Waals surface area (Å²) in [5.74, 6) is 0.310. The predicted octanol–water partition coefficient (Wildman–Crippen LogP) is 3.43. The quantitative estimate of drug-likeness (QED) is 0.663. The fourth-order valence-electron chi connectivity index (χ4n) is 1.72. The summed E-state index contributed by atoms with van der Waals surface area (Å²) in [5.41, 5.74) is 0. The van der Waals surface area contributed by atoms with Gasteiger partial charge in [-0.1, -0.05) is 39.0 Å². The first-order valence-corrected chi connectivity index (χ1v) is 6.72. The first-order valence-electron chi connectivity index (χ1n) is 6.72. The first-order chi connectivity index (χ1) is 8.77. The molecule has 1 heterocycles. The lowest BCUT2D eigenvalue weighted by atomic mass is 10.1. The maximum absolute atomic E-state index is 13.4. The summed E-state index contributed by atoms with van der Waals surface area (Å²) in [4.78, 5) is 7.83. The number of nitrogens with one attached hydrogen (secondary N) is 2. The highest BCUT2D eigenvalue weighted by atomic mass is 19.1. The van der Waals surface area contributed by atoms with Crippen molar-refractivity contribution in [3.8, 4) is 0 Å². The normalized spacial score (nSPS) is 10.4. The Labute approximate surface area is 108 Å². The molecule has 0 fully saturated rings. The second-order valence-corrected chi connectivity index (χ2v) is 4.33. The van der Waals surface area contributed by atoms with E-state index in [1.54, 1.807) is 7.05 Å². The van der Waals surface area contributed by atoms with Crippen LogP contribution in [-0.4, -0.2) is 23.6 Å². The van der Waals surface area contributed by atoms with Gasteiger partial charge in [0, 0.05) is 13.6 Å². The van der Waals surface area contributed by atoms with Crippen LogP contribution in [-0.2, 0) is 0 Å². The lowest BCUT2D eigenvalue weighted by molar-refractivity contribution is 0.606. The highest BCUT2D eigenvalue weighted by Crippen LogP contribution is 2.12. The van der Waals surface area contributed by atoms with E-state index in [0.717, 1.165) is 13.0 Å². The van der Waals surface area contributed by atoms with Crippen LogP contribution in [0.1, 0.15) is 45.4 Å². The van der Waals surface area contributed by atoms with Crippen molar-refractivity contribution in [3.05, 3.63) is 12.0 Å². The first kappa shape index (κ1) is 14.7. The number of hydrogen-bond acceptors (Lipinski definition) is 4. The Morgan fingerprint density at radius 1 is 1.17 bits per heavy atom. The molecule has 4 nitrogen and oxygen atoms in total. The largest absolute Gasteiger partial charge is 0.367 e. The lowest BCUT2D eigenvalue weighted by Crippen LogP contribution is -2.08. The molecule has 5 heteroatoms. The molecule has 0 saturated heterocycles. The third-order valence-corrected chi connectivity index (χ3v) is 2.79. The van der Waals surface area contributed by atoms with Gasteiger partial charge in [-0.15, -0.1) is 0 Å². The number of anilines is 2. The molecule has 1 aromatic heterocycles. The summed E-state index contributed by atoms with van der Waals surface area (Å²) in [7, 11) is 1.71. The Morgan fingerprint density at radius 3 is 2.61 bits per heavy atom. The minimum Gasteiger partial charge on any atom is -0.367 e. The molecular weight excluding hydrogens is 231 g/mol. The Kier molecular flexibility index (Phi) is 7.06. The van der Waals surface area contributed by atoms with E-state index in [1.165, 1.54) is 38.3 Å². The van der Waals surface area contributed by atoms with Gasteiger partial charge in [0.05, 0.1) is 6.20 Å². The predicted molar refractivity (Wildman–Crippen MR) is 73.4 cm³/mol. The molecule has 0 amide bonds. The highest BCUT2D eigenvalue weighted by molar-refractivity contribution is 5.40. The molecule has 1 aromatic rings. The van der Waals surface area contributed by atoms with E-state index >= 15 is 0 Å². The fourth-order valence-corrected chi connectivity index (χ4v) is 1.72. The van der Waals surface area contributed by atoms with Crippen molar-refractivity contribution in [2.75, 3.05) is 24.2 Å². The maximum Gasteiger partial charge on any atom is 0.224 e. The van der Waals surface area contributed by atoms with Gasteiger partial charge >= 0.3 is 0 Å². The van der Waals surface area contributed by atoms with Gasteiger partial charge < -0.3 is 10.6 Å². The maximum atomic E-state index is 13.4. The molecule has 102 valence electrons. The van der Waals surface area contributed by atoms with Crippen LogP contribution in [0, 0.1) is 5.82 Å². The molecule has 0 unspecified atom stereocenters. The molecule has 1 rings (SSSR count). The van der Waals surface area contributed by atoms with Gasteiger partial charge in [-0.05, 0) is 6.42 Å². The summed E-state index contributed by atoms with van der Waals surface area (Å²) >= 11 is 0. The second kappa shape index (κ2) is 8.66. The van der Waals surface area contributed by atoms with Gasteiger partial charge in [0.15, 0.2) is 11.6 Å². The van der Waals surface area contributed by atoms with Crippen molar-refractivity contribution < 1.29 is 4.39 Å². The third kappa shape index (κ3) is 5.29. The van der Waals surface area contributed by atoms with E-state index < -0.39 is 5.82 Å². The van der Waals surface area contributed by atoms with Crippen LogP contribution in [0.15, 0.2) is 6.20 Å². The fraction of sp³-hybridized carbons (Fsp3) is 0.692. The zero-order valence-corrected chi connectivity index (χ0v) is 11.3. The SMILES string of the molecule is CCCCCCCCNc1nc(NC)ncc1F. The van der Waals surface area contributed by atoms with Crippen LogP contribution in [0.2, 0.25) is 0 Å². The van der Waals surface area contributed by atoms with Crippen LogP contribution in [0.3, 0.4) is 0 Å². The van der Waals surface area contributed by atoms with Crippen LogP contribution in [0.25, 0.3) is 0 Å². The van der Waals surface area contributed by atoms with E-state index in [4.69, 9.17) is 0 Å². The van der Waals surface area contributed by atoms with Crippen molar-refractivity contribution >= 4 is 11.8 Å². The molecule has 0 atom stereocenters. The molecule has 0 aromatic carbocycles. The van der Waals surface area contributed by atoms with Gasteiger partial charge in [-0.2, -0.15) is 4.98 Å². The smallest absolute Gasteiger partial charge is 0.224 e. The standard InChI is InChI=1S/C13H23FN4/c1-3-4-5-6-7-8-9-16-12-11(14)10-17-13(15-2)18-12/h10H,3-9H2,1-2H3,(H2,15,16,17,18). The minimum absolute atomic E-state index is 0.280. The number of nitrogens with zero attached hydrogens (tertiary/aromatic N) is 2. The summed E-state index contributed by atoms with van der Waals surface area (Å²) in [6.45, 7) is 2.96. The molecule has 18 heavy (non-hydrogen) atoms. The summed E-state index contributed by atoms with van der Waals surface area (Å²) in [6.07, 6.45) is 8.52. The van der Waals surface area contributed by atoms with Gasteiger partial charge in [0.1, 0.15) is 0 Å². The topological polar surface area (TPSA) is 49.8 Å². The number of halogens is 1. The molecule has 0 bridgehead atoms. The van der Waals surface area contributed by atoms with Gasteiger partial charge in [-0.25, -0.2) is 9.37 Å². The monoisotopic (exact) mass is 254 g/mol. The van der Waals surface area contributed by atoms with Gasteiger partial charge in [0.2, 0.25) is 5.95 Å². The second-order valence-electron chi connectivity index (χ2n) is 4.33. The zero-order chi connectivity index (χ0) is 13.2. The summed E-state index contributed by atoms with van der Waals surface area (Å²) in [5, 5.41) is 5.80. The van der Waals surface area contributed by atoms with E-state index in [2.05, 4.69) is 27.5 Å².